The van der Waals surface area contributed by atoms with Crippen LogP contribution in [-0.2, 0) is 13.0 Å². The fraction of sp³-hybridized carbons (Fsp3) is 0.231. The van der Waals surface area contributed by atoms with E-state index in [0.29, 0.717) is 5.02 Å². The highest BCUT2D eigenvalue weighted by molar-refractivity contribution is 6.32. The molecule has 0 bridgehead atoms. The van der Waals surface area contributed by atoms with E-state index in [-0.39, 0.29) is 0 Å². The third kappa shape index (κ3) is 1.88. The van der Waals surface area contributed by atoms with Gasteiger partial charge in [0.25, 0.3) is 0 Å². The maximum atomic E-state index is 6.12. The molecule has 0 atom stereocenters. The lowest BCUT2D eigenvalue weighted by molar-refractivity contribution is 0.721. The summed E-state index contributed by atoms with van der Waals surface area (Å²) in [6.45, 7) is 1.66. The van der Waals surface area contributed by atoms with Crippen LogP contribution < -0.4 is 10.6 Å². The minimum Gasteiger partial charge on any atom is -0.398 e. The first kappa shape index (κ1) is 11.3. The molecular weight excluding hydrogens is 248 g/mol. The lowest BCUT2D eigenvalue weighted by Crippen LogP contribution is -2.31. The maximum absolute atomic E-state index is 6.12. The fourth-order valence-corrected chi connectivity index (χ4v) is 2.58. The fourth-order valence-electron chi connectivity index (χ4n) is 2.36. The van der Waals surface area contributed by atoms with Crippen LogP contribution in [-0.4, -0.2) is 16.5 Å². The van der Waals surface area contributed by atoms with Crippen LogP contribution in [0.4, 0.5) is 11.5 Å². The lowest BCUT2D eigenvalue weighted by Gasteiger charge is -2.30. The van der Waals surface area contributed by atoms with Crippen molar-refractivity contribution in [1.29, 1.82) is 0 Å². The molecule has 2 N–H and O–H groups in total. The van der Waals surface area contributed by atoms with Gasteiger partial charge in [0.2, 0.25) is 0 Å². The van der Waals surface area contributed by atoms with Crippen molar-refractivity contribution >= 4 is 23.1 Å². The van der Waals surface area contributed by atoms with Gasteiger partial charge in [-0.3, -0.25) is 0 Å². The lowest BCUT2D eigenvalue weighted by atomic mass is 9.98. The quantitative estimate of drug-likeness (QED) is 0.800. The summed E-state index contributed by atoms with van der Waals surface area (Å²) in [5, 5.41) is 0.588. The van der Waals surface area contributed by atoms with Crippen LogP contribution in [0.3, 0.4) is 0 Å². The van der Waals surface area contributed by atoms with Crippen molar-refractivity contribution in [3.8, 4) is 0 Å². The van der Waals surface area contributed by atoms with Gasteiger partial charge in [-0.2, -0.15) is 0 Å². The second-order valence-electron chi connectivity index (χ2n) is 4.35. The molecule has 5 heteroatoms. The number of halogens is 1. The Kier molecular flexibility index (Phi) is 2.80. The highest BCUT2D eigenvalue weighted by Crippen LogP contribution is 2.29. The summed E-state index contributed by atoms with van der Waals surface area (Å²) < 4.78 is 0. The summed E-state index contributed by atoms with van der Waals surface area (Å²) in [5.41, 5.74) is 9.36. The minimum atomic E-state index is 0.588. The highest BCUT2D eigenvalue weighted by Gasteiger charge is 2.20. The average molecular weight is 261 g/mol. The number of fused-ring (bicyclic) bond motifs is 1. The third-order valence-electron chi connectivity index (χ3n) is 3.25. The summed E-state index contributed by atoms with van der Waals surface area (Å²) >= 11 is 6.12. The monoisotopic (exact) mass is 260 g/mol. The number of nitrogen functional groups attached to an aromatic ring is 1. The number of hydrogen-bond donors (Lipinski definition) is 1. The Morgan fingerprint density at radius 1 is 1.33 bits per heavy atom. The standard InChI is InChI=1S/C13H13ClN4/c14-11-6-16-8-17-13(11)18-5-4-10-9(7-18)2-1-3-12(10)15/h1-3,6,8H,4-5,7,15H2. The molecule has 0 amide bonds. The number of aromatic nitrogens is 2. The molecule has 0 saturated heterocycles. The average Bonchev–Trinajstić information content (AvgIpc) is 2.39. The summed E-state index contributed by atoms with van der Waals surface area (Å²) in [5.74, 6) is 0.791. The molecule has 0 saturated carbocycles. The van der Waals surface area contributed by atoms with E-state index >= 15 is 0 Å². The van der Waals surface area contributed by atoms with Gasteiger partial charge >= 0.3 is 0 Å². The van der Waals surface area contributed by atoms with E-state index in [1.807, 2.05) is 12.1 Å². The zero-order chi connectivity index (χ0) is 12.5. The van der Waals surface area contributed by atoms with Crippen molar-refractivity contribution in [3.63, 3.8) is 0 Å². The van der Waals surface area contributed by atoms with Crippen LogP contribution in [0.1, 0.15) is 11.1 Å². The first-order valence-electron chi connectivity index (χ1n) is 5.82. The van der Waals surface area contributed by atoms with Crippen molar-refractivity contribution in [2.75, 3.05) is 17.2 Å². The molecule has 1 aromatic carbocycles. The second kappa shape index (κ2) is 4.46. The number of nitrogens with zero attached hydrogens (tertiary/aromatic N) is 3. The van der Waals surface area contributed by atoms with Gasteiger partial charge in [0, 0.05) is 18.8 Å². The first-order chi connectivity index (χ1) is 8.75. The van der Waals surface area contributed by atoms with Gasteiger partial charge < -0.3 is 10.6 Å². The zero-order valence-corrected chi connectivity index (χ0v) is 10.6. The van der Waals surface area contributed by atoms with E-state index in [2.05, 4.69) is 20.9 Å². The van der Waals surface area contributed by atoms with Crippen molar-refractivity contribution in [3.05, 3.63) is 46.9 Å². The topological polar surface area (TPSA) is 55.0 Å². The highest BCUT2D eigenvalue weighted by atomic mass is 35.5. The summed E-state index contributed by atoms with van der Waals surface area (Å²) in [4.78, 5) is 10.3. The van der Waals surface area contributed by atoms with Gasteiger partial charge in [0.15, 0.2) is 5.82 Å². The molecule has 4 nitrogen and oxygen atoms in total. The summed E-state index contributed by atoms with van der Waals surface area (Å²) in [7, 11) is 0. The molecule has 2 aromatic rings. The van der Waals surface area contributed by atoms with Crippen molar-refractivity contribution in [2.45, 2.75) is 13.0 Å². The smallest absolute Gasteiger partial charge is 0.151 e. The van der Waals surface area contributed by atoms with Gasteiger partial charge in [-0.25, -0.2) is 9.97 Å². The third-order valence-corrected chi connectivity index (χ3v) is 3.52. The number of nitrogens with two attached hydrogens (primary N) is 1. The Bertz CT molecular complexity index is 585. The van der Waals surface area contributed by atoms with E-state index < -0.39 is 0 Å². The minimum absolute atomic E-state index is 0.588. The Morgan fingerprint density at radius 2 is 2.22 bits per heavy atom. The van der Waals surface area contributed by atoms with Crippen LogP contribution in [0.25, 0.3) is 0 Å². The largest absolute Gasteiger partial charge is 0.398 e. The van der Waals surface area contributed by atoms with E-state index in [4.69, 9.17) is 17.3 Å². The Labute approximate surface area is 110 Å². The molecule has 1 aliphatic heterocycles. The van der Waals surface area contributed by atoms with Crippen molar-refractivity contribution in [1.82, 2.24) is 9.97 Å². The predicted octanol–water partition coefficient (Wildman–Crippen LogP) is 2.27. The van der Waals surface area contributed by atoms with Crippen LogP contribution in [0.15, 0.2) is 30.7 Å². The molecule has 1 aliphatic rings. The summed E-state index contributed by atoms with van der Waals surface area (Å²) in [6, 6.07) is 6.04. The summed E-state index contributed by atoms with van der Waals surface area (Å²) in [6.07, 6.45) is 4.07. The maximum Gasteiger partial charge on any atom is 0.151 e. The normalized spacial score (nSPS) is 14.4. The SMILES string of the molecule is Nc1cccc2c1CCN(c1ncncc1Cl)C2. The number of hydrogen-bond acceptors (Lipinski definition) is 4. The first-order valence-corrected chi connectivity index (χ1v) is 6.20. The molecule has 0 fully saturated rings. The van der Waals surface area contributed by atoms with Crippen molar-refractivity contribution < 1.29 is 0 Å². The Morgan fingerprint density at radius 3 is 3.06 bits per heavy atom. The van der Waals surface area contributed by atoms with Gasteiger partial charge in [0.05, 0.1) is 6.20 Å². The molecular formula is C13H13ClN4. The van der Waals surface area contributed by atoms with Crippen molar-refractivity contribution in [2.24, 2.45) is 0 Å². The van der Waals surface area contributed by atoms with Crippen LogP contribution in [0.5, 0.6) is 0 Å². The van der Waals surface area contributed by atoms with E-state index in [9.17, 15) is 0 Å². The molecule has 1 aromatic heterocycles. The van der Waals surface area contributed by atoms with Gasteiger partial charge in [0.1, 0.15) is 11.3 Å². The van der Waals surface area contributed by atoms with Crippen LogP contribution in [0.2, 0.25) is 5.02 Å². The van der Waals surface area contributed by atoms with E-state index in [1.165, 1.54) is 17.5 Å². The molecule has 18 heavy (non-hydrogen) atoms. The Balaban J connectivity index is 1.94. The molecule has 0 unspecified atom stereocenters. The molecule has 0 spiro atoms. The van der Waals surface area contributed by atoms with E-state index in [1.54, 1.807) is 6.20 Å². The van der Waals surface area contributed by atoms with Gasteiger partial charge in [-0.1, -0.05) is 23.7 Å². The predicted molar refractivity (Wildman–Crippen MR) is 72.7 cm³/mol. The zero-order valence-electron chi connectivity index (χ0n) is 9.81. The van der Waals surface area contributed by atoms with Crippen LogP contribution in [0, 0.1) is 0 Å². The van der Waals surface area contributed by atoms with Gasteiger partial charge in [-0.05, 0) is 23.6 Å². The number of rotatable bonds is 1. The van der Waals surface area contributed by atoms with Gasteiger partial charge in [-0.15, -0.1) is 0 Å². The molecule has 0 radical (unpaired) electrons. The Hall–Kier alpha value is -1.81. The van der Waals surface area contributed by atoms with Crippen LogP contribution >= 0.6 is 11.6 Å². The van der Waals surface area contributed by atoms with E-state index in [0.717, 1.165) is 31.0 Å². The molecule has 92 valence electrons. The number of anilines is 2. The molecule has 3 rings (SSSR count). The molecule has 2 heterocycles. The number of benzene rings is 1. The molecule has 0 aliphatic carbocycles. The second-order valence-corrected chi connectivity index (χ2v) is 4.76.